The van der Waals surface area contributed by atoms with E-state index >= 15 is 0 Å². The second-order valence-electron chi connectivity index (χ2n) is 11.2. The molecule has 3 aliphatic rings. The fraction of sp³-hybridized carbons (Fsp3) is 0.778. The molecule has 3 fully saturated rings. The molecule has 3 aliphatic carbocycles. The number of hydrogen-bond acceptors (Lipinski definition) is 2. The number of aliphatic hydroxyl groups excluding tert-OH is 1. The van der Waals surface area contributed by atoms with E-state index in [0.29, 0.717) is 11.3 Å². The molecule has 2 nitrogen and oxygen atoms in total. The van der Waals surface area contributed by atoms with E-state index in [2.05, 4.69) is 32.6 Å². The molecule has 3 saturated carbocycles. The van der Waals surface area contributed by atoms with Crippen LogP contribution in [-0.2, 0) is 0 Å². The molecule has 0 aliphatic heterocycles. The van der Waals surface area contributed by atoms with E-state index in [1.807, 2.05) is 13.8 Å². The van der Waals surface area contributed by atoms with Gasteiger partial charge in [0, 0.05) is 0 Å². The third-order valence-corrected chi connectivity index (χ3v) is 8.35. The number of rotatable bonds is 7. The Hall–Kier alpha value is -0.860. The Balaban J connectivity index is 1.66. The second-order valence-corrected chi connectivity index (χ2v) is 11.2. The van der Waals surface area contributed by atoms with Crippen LogP contribution in [0.5, 0.6) is 0 Å². The van der Waals surface area contributed by atoms with Gasteiger partial charge < -0.3 is 10.2 Å². The summed E-state index contributed by atoms with van der Waals surface area (Å²) in [5, 5.41) is 14.9. The van der Waals surface area contributed by atoms with Gasteiger partial charge in [0.1, 0.15) is 0 Å². The lowest BCUT2D eigenvalue weighted by Gasteiger charge is -2.44. The monoisotopic (exact) mass is 401 g/mol. The molecule has 0 aromatic rings. The third-order valence-electron chi connectivity index (χ3n) is 8.35. The van der Waals surface area contributed by atoms with Crippen molar-refractivity contribution in [2.24, 2.45) is 23.2 Å². The summed E-state index contributed by atoms with van der Waals surface area (Å²) >= 11 is 0. The molecular formula is C27H44O2. The van der Waals surface area contributed by atoms with Crippen molar-refractivity contribution < 1.29 is 10.2 Å². The molecule has 29 heavy (non-hydrogen) atoms. The van der Waals surface area contributed by atoms with E-state index in [-0.39, 0.29) is 11.7 Å². The maximum Gasteiger partial charge on any atom is 0.211 e. The van der Waals surface area contributed by atoms with Crippen LogP contribution in [0.1, 0.15) is 98.3 Å². The lowest BCUT2D eigenvalue weighted by molar-refractivity contribution is 0.0596. The molecule has 164 valence electrons. The molecule has 5 atom stereocenters. The number of aliphatic hydroxyl groups is 2. The maximum atomic E-state index is 10.0. The quantitative estimate of drug-likeness (QED) is 0.496. The van der Waals surface area contributed by atoms with Crippen molar-refractivity contribution in [2.45, 2.75) is 110 Å². The summed E-state index contributed by atoms with van der Waals surface area (Å²) in [7, 11) is 0. The second kappa shape index (κ2) is 9.10. The Kier molecular flexibility index (Phi) is 6.71. The van der Waals surface area contributed by atoms with E-state index in [9.17, 15) is 5.11 Å². The number of allylic oxidation sites excluding steroid dienone is 4. The summed E-state index contributed by atoms with van der Waals surface area (Å²) < 4.78 is 7.24. The molecule has 0 aromatic heterocycles. The number of fused-ring (bicyclic) bond motifs is 1. The van der Waals surface area contributed by atoms with Crippen LogP contribution in [0.4, 0.5) is 0 Å². The summed E-state index contributed by atoms with van der Waals surface area (Å²) in [4.78, 5) is 0. The van der Waals surface area contributed by atoms with Crippen LogP contribution < -0.4 is 0 Å². The van der Waals surface area contributed by atoms with Crippen molar-refractivity contribution in [3.8, 4) is 0 Å². The largest absolute Gasteiger partial charge is 0.393 e. The summed E-state index contributed by atoms with van der Waals surface area (Å²) in [6, 6.07) is 0. The van der Waals surface area contributed by atoms with Gasteiger partial charge in [0.05, 0.1) is 11.7 Å². The lowest BCUT2D eigenvalue weighted by atomic mass is 9.60. The summed E-state index contributed by atoms with van der Waals surface area (Å²) in [5.41, 5.74) is 4.21. The summed E-state index contributed by atoms with van der Waals surface area (Å²) in [6.07, 6.45) is 16.9. The first-order chi connectivity index (χ1) is 14.2. The predicted octanol–water partition coefficient (Wildman–Crippen LogP) is 6.73. The van der Waals surface area contributed by atoms with Crippen molar-refractivity contribution in [1.29, 1.82) is 1.43 Å². The van der Waals surface area contributed by atoms with Crippen molar-refractivity contribution in [2.75, 3.05) is 0 Å². The van der Waals surface area contributed by atoms with Gasteiger partial charge in [0.25, 0.3) is 0 Å². The Morgan fingerprint density at radius 1 is 1.28 bits per heavy atom. The standard InChI is InChI=1S/C27H44O2/c1-19-10-13-23(28)18-22(19)12-11-21-9-7-17-27(5)24(14-15-25(21)27)20(2)8-6-16-26(3,4)29/h11-12,20,23-25,28-29H,1,6-10,13-18H2,2-5H3/b21-11+,22-12-/t20-,23+,24-,25+,27-/m1/s1/i29D. The van der Waals surface area contributed by atoms with E-state index in [1.54, 1.807) is 5.57 Å². The number of hydrogen-bond donors (Lipinski definition) is 2. The van der Waals surface area contributed by atoms with Crippen LogP contribution in [-0.4, -0.2) is 23.4 Å². The first-order valence-electron chi connectivity index (χ1n) is 12.5. The van der Waals surface area contributed by atoms with Gasteiger partial charge in [0.15, 0.2) is 0 Å². The minimum Gasteiger partial charge on any atom is -0.393 e. The molecule has 3 rings (SSSR count). The molecule has 0 unspecified atom stereocenters. The molecular weight excluding hydrogens is 356 g/mol. The summed E-state index contributed by atoms with van der Waals surface area (Å²) in [5.74, 6) is 2.24. The zero-order valence-electron chi connectivity index (χ0n) is 20.3. The topological polar surface area (TPSA) is 40.5 Å². The zero-order valence-corrected chi connectivity index (χ0v) is 19.3. The highest BCUT2D eigenvalue weighted by Crippen LogP contribution is 2.60. The van der Waals surface area contributed by atoms with Gasteiger partial charge in [0.2, 0.25) is 1.43 Å². The highest BCUT2D eigenvalue weighted by Gasteiger charge is 2.50. The fourth-order valence-corrected chi connectivity index (χ4v) is 6.66. The first kappa shape index (κ1) is 21.4. The highest BCUT2D eigenvalue weighted by molar-refractivity contribution is 5.36. The molecule has 0 aromatic carbocycles. The van der Waals surface area contributed by atoms with E-state index in [4.69, 9.17) is 6.54 Å². The fourth-order valence-electron chi connectivity index (χ4n) is 6.66. The Labute approximate surface area is 180 Å². The van der Waals surface area contributed by atoms with Gasteiger partial charge in [-0.25, -0.2) is 0 Å². The Morgan fingerprint density at radius 3 is 2.83 bits per heavy atom. The van der Waals surface area contributed by atoms with Gasteiger partial charge in [-0.05, 0) is 100 Å². The van der Waals surface area contributed by atoms with Crippen molar-refractivity contribution >= 4 is 0 Å². The van der Waals surface area contributed by atoms with Crippen LogP contribution in [0.15, 0.2) is 35.5 Å². The molecule has 0 amide bonds. The zero-order chi connectivity index (χ0) is 21.9. The minimum absolute atomic E-state index is 0.195. The third kappa shape index (κ3) is 5.44. The predicted molar refractivity (Wildman–Crippen MR) is 123 cm³/mol. The van der Waals surface area contributed by atoms with Crippen molar-refractivity contribution in [3.05, 3.63) is 35.5 Å². The molecule has 0 saturated heterocycles. The highest BCUT2D eigenvalue weighted by atomic mass is 16.3. The minimum atomic E-state index is -0.327. The molecule has 0 spiro atoms. The Bertz CT molecular complexity index is 676. The van der Waals surface area contributed by atoms with Gasteiger partial charge in [-0.2, -0.15) is 0 Å². The average molecular weight is 402 g/mol. The van der Waals surface area contributed by atoms with Crippen molar-refractivity contribution in [1.82, 2.24) is 0 Å². The van der Waals surface area contributed by atoms with E-state index in [0.717, 1.165) is 43.9 Å². The van der Waals surface area contributed by atoms with Gasteiger partial charge in [-0.3, -0.25) is 0 Å². The molecule has 2 heteroatoms. The van der Waals surface area contributed by atoms with Crippen LogP contribution in [0.2, 0.25) is 0 Å². The van der Waals surface area contributed by atoms with Crippen LogP contribution in [0, 0.1) is 23.2 Å². The van der Waals surface area contributed by atoms with E-state index < -0.39 is 0 Å². The molecule has 0 heterocycles. The Morgan fingerprint density at radius 2 is 2.07 bits per heavy atom. The first-order valence-corrected chi connectivity index (χ1v) is 12.1. The smallest absolute Gasteiger partial charge is 0.211 e. The van der Waals surface area contributed by atoms with Crippen LogP contribution >= 0.6 is 0 Å². The molecule has 2 N–H and O–H groups in total. The molecule has 0 radical (unpaired) electrons. The lowest BCUT2D eigenvalue weighted by Crippen LogP contribution is -2.36. The molecule has 0 bridgehead atoms. The van der Waals surface area contributed by atoms with Crippen molar-refractivity contribution in [3.63, 3.8) is 0 Å². The van der Waals surface area contributed by atoms with Crippen LogP contribution in [0.25, 0.3) is 0 Å². The van der Waals surface area contributed by atoms with Gasteiger partial charge in [-0.15, -0.1) is 0 Å². The normalized spacial score (nSPS) is 37.6. The van der Waals surface area contributed by atoms with Gasteiger partial charge in [-0.1, -0.05) is 56.6 Å². The summed E-state index contributed by atoms with van der Waals surface area (Å²) in [6.45, 7) is 13.3. The van der Waals surface area contributed by atoms with Gasteiger partial charge >= 0.3 is 0 Å². The maximum absolute atomic E-state index is 10.0. The SMILES string of the molecule is [2H]OC(C)(C)CCC[C@@H](C)[C@H]1CC[C@H]2/C(=C/C=C3/C[C@@H](O)CCC3=C)CCC[C@]12C. The average Bonchev–Trinajstić information content (AvgIpc) is 3.06. The van der Waals surface area contributed by atoms with E-state index in [1.165, 1.54) is 49.7 Å². The van der Waals surface area contributed by atoms with Crippen LogP contribution in [0.3, 0.4) is 0 Å².